The molecule has 3 heterocycles. The number of anilines is 1. The largest absolute Gasteiger partial charge is 0.416 e. The van der Waals surface area contributed by atoms with Crippen LogP contribution in [0.2, 0.25) is 0 Å². The van der Waals surface area contributed by atoms with Crippen LogP contribution in [0.5, 0.6) is 0 Å². The van der Waals surface area contributed by atoms with Crippen LogP contribution in [0.3, 0.4) is 0 Å². The molecular formula is C23H21F3N4O3. The number of ketones is 1. The Labute approximate surface area is 187 Å². The highest BCUT2D eigenvalue weighted by Crippen LogP contribution is 2.39. The van der Waals surface area contributed by atoms with Crippen molar-refractivity contribution in [3.05, 3.63) is 76.9 Å². The van der Waals surface area contributed by atoms with E-state index in [-0.39, 0.29) is 23.2 Å². The molecule has 1 N–H and O–H groups in total. The zero-order chi connectivity index (χ0) is 23.8. The van der Waals surface area contributed by atoms with Gasteiger partial charge in [-0.3, -0.25) is 19.3 Å². The predicted octanol–water partition coefficient (Wildman–Crippen LogP) is 4.63. The number of methoxy groups -OCH3 is 1. The number of rotatable bonds is 5. The van der Waals surface area contributed by atoms with Crippen molar-refractivity contribution < 1.29 is 27.5 Å². The van der Waals surface area contributed by atoms with E-state index in [1.165, 1.54) is 36.3 Å². The minimum absolute atomic E-state index is 0.192. The first-order valence-corrected chi connectivity index (χ1v) is 10.2. The van der Waals surface area contributed by atoms with E-state index >= 15 is 0 Å². The Morgan fingerprint density at radius 2 is 1.94 bits per heavy atom. The van der Waals surface area contributed by atoms with Gasteiger partial charge in [0.1, 0.15) is 5.69 Å². The molecule has 1 aromatic carbocycles. The summed E-state index contributed by atoms with van der Waals surface area (Å²) in [6, 6.07) is 6.05. The molecule has 0 bridgehead atoms. The number of alkyl halides is 3. The first-order valence-electron chi connectivity index (χ1n) is 10.2. The quantitative estimate of drug-likeness (QED) is 0.603. The van der Waals surface area contributed by atoms with Crippen molar-refractivity contribution in [1.29, 1.82) is 0 Å². The van der Waals surface area contributed by atoms with Crippen LogP contribution in [-0.2, 0) is 17.5 Å². The summed E-state index contributed by atoms with van der Waals surface area (Å²) in [5, 5.41) is 6.97. The fourth-order valence-corrected chi connectivity index (χ4v) is 3.99. The summed E-state index contributed by atoms with van der Waals surface area (Å²) in [6.07, 6.45) is 0.328. The molecule has 33 heavy (non-hydrogen) atoms. The standard InChI is InChI=1S/C23H21F3N4O3/c1-13-7-18(15-3-5-17(6-4-15)23(24,25)26)21(31)20-19(11-28-30(13)20)29-22(32)16-8-14(12-33-2)9-27-10-16/h3-6,8-11,13,18H,7,12H2,1-2H3,(H,29,32)/t13-,18?/m0/s1. The minimum atomic E-state index is -4.45. The highest BCUT2D eigenvalue weighted by molar-refractivity contribution is 6.10. The SMILES string of the molecule is COCc1cncc(C(=O)Nc2cnn3c2C(=O)C(c2ccc(C(F)(F)F)cc2)C[C@@H]3C)c1. The smallest absolute Gasteiger partial charge is 0.380 e. The number of fused-ring (bicyclic) bond motifs is 1. The number of pyridine rings is 1. The van der Waals surface area contributed by atoms with Gasteiger partial charge in [-0.15, -0.1) is 0 Å². The minimum Gasteiger partial charge on any atom is -0.380 e. The number of Topliss-reactive ketones (excluding diaryl/α,β-unsaturated/α-hetero) is 1. The predicted molar refractivity (Wildman–Crippen MR) is 113 cm³/mol. The first kappa shape index (κ1) is 22.7. The highest BCUT2D eigenvalue weighted by Gasteiger charge is 2.37. The second kappa shape index (κ2) is 8.78. The Hall–Kier alpha value is -3.53. The number of benzene rings is 1. The normalized spacial score (nSPS) is 18.2. The van der Waals surface area contributed by atoms with Crippen molar-refractivity contribution in [1.82, 2.24) is 14.8 Å². The van der Waals surface area contributed by atoms with Crippen molar-refractivity contribution in [2.24, 2.45) is 0 Å². The molecule has 0 saturated carbocycles. The van der Waals surface area contributed by atoms with Crippen molar-refractivity contribution in [3.8, 4) is 0 Å². The Balaban J connectivity index is 1.60. The molecular weight excluding hydrogens is 437 g/mol. The summed E-state index contributed by atoms with van der Waals surface area (Å²) in [5.41, 5.74) is 1.18. The van der Waals surface area contributed by atoms with Gasteiger partial charge in [0.2, 0.25) is 0 Å². The van der Waals surface area contributed by atoms with Gasteiger partial charge in [-0.25, -0.2) is 0 Å². The Bertz CT molecular complexity index is 1190. The number of hydrogen-bond donors (Lipinski definition) is 1. The second-order valence-electron chi connectivity index (χ2n) is 7.94. The van der Waals surface area contributed by atoms with Gasteiger partial charge in [0, 0.05) is 19.5 Å². The van der Waals surface area contributed by atoms with Gasteiger partial charge in [-0.1, -0.05) is 12.1 Å². The summed E-state index contributed by atoms with van der Waals surface area (Å²) < 4.78 is 45.3. The molecule has 0 aliphatic carbocycles. The van der Waals surface area contributed by atoms with Gasteiger partial charge >= 0.3 is 6.18 Å². The van der Waals surface area contributed by atoms with Gasteiger partial charge in [-0.05, 0) is 42.7 Å². The maximum Gasteiger partial charge on any atom is 0.416 e. The second-order valence-corrected chi connectivity index (χ2v) is 7.94. The number of halogens is 3. The zero-order valence-corrected chi connectivity index (χ0v) is 17.9. The van der Waals surface area contributed by atoms with Crippen LogP contribution in [0, 0.1) is 0 Å². The van der Waals surface area contributed by atoms with E-state index in [2.05, 4.69) is 15.4 Å². The summed E-state index contributed by atoms with van der Waals surface area (Å²) in [5.74, 6) is -1.42. The molecule has 1 unspecified atom stereocenters. The molecule has 0 saturated heterocycles. The van der Waals surface area contributed by atoms with Crippen LogP contribution in [0.1, 0.15) is 62.8 Å². The molecule has 2 aromatic heterocycles. The number of amides is 1. The monoisotopic (exact) mass is 458 g/mol. The lowest BCUT2D eigenvalue weighted by Crippen LogP contribution is -2.29. The third kappa shape index (κ3) is 4.51. The summed E-state index contributed by atoms with van der Waals surface area (Å²) in [6.45, 7) is 2.16. The first-order chi connectivity index (χ1) is 15.7. The summed E-state index contributed by atoms with van der Waals surface area (Å²) in [7, 11) is 1.53. The Morgan fingerprint density at radius 3 is 2.61 bits per heavy atom. The van der Waals surface area contributed by atoms with E-state index in [0.717, 1.165) is 12.1 Å². The lowest BCUT2D eigenvalue weighted by molar-refractivity contribution is -0.137. The molecule has 0 radical (unpaired) electrons. The van der Waals surface area contributed by atoms with Gasteiger partial charge in [-0.2, -0.15) is 18.3 Å². The maximum absolute atomic E-state index is 13.3. The number of hydrogen-bond acceptors (Lipinski definition) is 5. The van der Waals surface area contributed by atoms with Crippen LogP contribution in [-0.4, -0.2) is 33.6 Å². The molecule has 0 spiro atoms. The van der Waals surface area contributed by atoms with Crippen molar-refractivity contribution in [2.75, 3.05) is 12.4 Å². The number of nitrogens with one attached hydrogen (secondary N) is 1. The number of carbonyl (C=O) groups is 2. The number of aromatic nitrogens is 3. The lowest BCUT2D eigenvalue weighted by atomic mass is 9.84. The average Bonchev–Trinajstić information content (AvgIpc) is 3.21. The molecule has 172 valence electrons. The van der Waals surface area contributed by atoms with E-state index in [9.17, 15) is 22.8 Å². The molecule has 10 heteroatoms. The van der Waals surface area contributed by atoms with Crippen LogP contribution >= 0.6 is 0 Å². The van der Waals surface area contributed by atoms with E-state index in [0.29, 0.717) is 29.7 Å². The molecule has 7 nitrogen and oxygen atoms in total. The van der Waals surface area contributed by atoms with Crippen molar-refractivity contribution >= 4 is 17.4 Å². The van der Waals surface area contributed by atoms with Crippen LogP contribution < -0.4 is 5.32 Å². The fraction of sp³-hybridized carbons (Fsp3) is 0.304. The molecule has 1 amide bonds. The fourth-order valence-electron chi connectivity index (χ4n) is 3.99. The van der Waals surface area contributed by atoms with Gasteiger partial charge in [0.25, 0.3) is 5.91 Å². The Morgan fingerprint density at radius 1 is 1.21 bits per heavy atom. The van der Waals surface area contributed by atoms with E-state index in [1.807, 2.05) is 6.92 Å². The van der Waals surface area contributed by atoms with Crippen LogP contribution in [0.25, 0.3) is 0 Å². The lowest BCUT2D eigenvalue weighted by Gasteiger charge is -2.28. The third-order valence-corrected chi connectivity index (χ3v) is 5.60. The molecule has 2 atom stereocenters. The van der Waals surface area contributed by atoms with Gasteiger partial charge < -0.3 is 10.1 Å². The molecule has 4 rings (SSSR count). The average molecular weight is 458 g/mol. The van der Waals surface area contributed by atoms with Crippen molar-refractivity contribution in [2.45, 2.75) is 38.1 Å². The van der Waals surface area contributed by atoms with Crippen LogP contribution in [0.4, 0.5) is 18.9 Å². The number of carbonyl (C=O) groups excluding carboxylic acids is 2. The van der Waals surface area contributed by atoms with E-state index in [4.69, 9.17) is 4.74 Å². The topological polar surface area (TPSA) is 86.1 Å². The highest BCUT2D eigenvalue weighted by atomic mass is 19.4. The third-order valence-electron chi connectivity index (χ3n) is 5.60. The number of ether oxygens (including phenoxy) is 1. The molecule has 1 aliphatic rings. The zero-order valence-electron chi connectivity index (χ0n) is 17.9. The van der Waals surface area contributed by atoms with E-state index in [1.54, 1.807) is 12.3 Å². The summed E-state index contributed by atoms with van der Waals surface area (Å²) in [4.78, 5) is 30.1. The maximum atomic E-state index is 13.3. The van der Waals surface area contributed by atoms with Gasteiger partial charge in [0.15, 0.2) is 5.78 Å². The van der Waals surface area contributed by atoms with Gasteiger partial charge in [0.05, 0.1) is 41.6 Å². The number of nitrogens with zero attached hydrogens (tertiary/aromatic N) is 3. The Kier molecular flexibility index (Phi) is 6.03. The molecule has 3 aromatic rings. The van der Waals surface area contributed by atoms with Crippen molar-refractivity contribution in [3.63, 3.8) is 0 Å². The summed E-state index contributed by atoms with van der Waals surface area (Å²) >= 11 is 0. The molecule has 1 aliphatic heterocycles. The van der Waals surface area contributed by atoms with Crippen LogP contribution in [0.15, 0.2) is 48.9 Å². The van der Waals surface area contributed by atoms with E-state index < -0.39 is 23.6 Å². The molecule has 0 fully saturated rings.